The number of rotatable bonds is 20. The Balaban J connectivity index is 0. The highest BCUT2D eigenvalue weighted by atomic mass is 19.4. The zero-order valence-corrected chi connectivity index (χ0v) is 27.2. The Kier molecular flexibility index (Phi) is 22.1. The van der Waals surface area contributed by atoms with E-state index in [1.54, 1.807) is 13.8 Å². The van der Waals surface area contributed by atoms with Crippen LogP contribution in [0.2, 0.25) is 0 Å². The lowest BCUT2D eigenvalue weighted by atomic mass is 9.99. The SMILES string of the molecule is CC(C)C[C@H](N)C(=O)N[C@H](C(=O)N[C@@H](CCCCN)C(=O)NCC(=O)N[C@@H](CCCN=C(N)N)C(N)=O)C(C)C.O=C(O)C(F)(F)F. The van der Waals surface area contributed by atoms with Crippen LogP contribution in [-0.4, -0.2) is 96.5 Å². The van der Waals surface area contributed by atoms with Crippen LogP contribution in [-0.2, 0) is 28.8 Å². The molecule has 17 nitrogen and oxygen atoms in total. The van der Waals surface area contributed by atoms with Crippen molar-refractivity contribution < 1.29 is 47.0 Å². The number of nitrogens with zero attached hydrogens (tertiary/aromatic N) is 1. The molecule has 272 valence electrons. The fraction of sp³-hybridized carbons (Fsp3) is 0.741. The molecule has 0 spiro atoms. The third-order valence-corrected chi connectivity index (χ3v) is 6.18. The summed E-state index contributed by atoms with van der Waals surface area (Å²) < 4.78 is 31.7. The molecule has 0 aliphatic carbocycles. The molecule has 15 N–H and O–H groups in total. The van der Waals surface area contributed by atoms with Crippen LogP contribution in [0.4, 0.5) is 13.2 Å². The zero-order chi connectivity index (χ0) is 36.9. The first-order valence-electron chi connectivity index (χ1n) is 14.9. The number of alkyl halides is 3. The molecule has 0 aromatic heterocycles. The standard InChI is InChI=1S/C25H50N10O5.C2HF3O2/c1-14(2)12-16(27)22(38)35-20(15(3)4)24(40)34-18(8-5-6-10-26)23(39)32-13-19(36)33-17(21(28)37)9-7-11-31-25(29)30;3-2(4,5)1(6)7/h14-18,20H,5-13,26-27H2,1-4H3,(H2,28,37)(H,32,39)(H,33,36)(H,34,40)(H,35,38)(H4,29,30,31);(H,6,7)/t16-,17-,18-,20-;/m0./s1. The number of hydrogen-bond acceptors (Lipinski definition) is 9. The predicted molar refractivity (Wildman–Crippen MR) is 167 cm³/mol. The van der Waals surface area contributed by atoms with Crippen molar-refractivity contribution in [3.05, 3.63) is 0 Å². The van der Waals surface area contributed by atoms with Gasteiger partial charge >= 0.3 is 12.1 Å². The quantitative estimate of drug-likeness (QED) is 0.0376. The molecule has 0 unspecified atom stereocenters. The van der Waals surface area contributed by atoms with E-state index < -0.39 is 72.4 Å². The van der Waals surface area contributed by atoms with Crippen molar-refractivity contribution in [3.63, 3.8) is 0 Å². The van der Waals surface area contributed by atoms with Gasteiger partial charge in [-0.1, -0.05) is 27.7 Å². The molecule has 0 rings (SSSR count). The van der Waals surface area contributed by atoms with Gasteiger partial charge < -0.3 is 55.0 Å². The van der Waals surface area contributed by atoms with Crippen LogP contribution in [0.15, 0.2) is 4.99 Å². The average molecular weight is 685 g/mol. The second-order valence-electron chi connectivity index (χ2n) is 11.3. The monoisotopic (exact) mass is 684 g/mol. The van der Waals surface area contributed by atoms with E-state index in [2.05, 4.69) is 26.3 Å². The van der Waals surface area contributed by atoms with Gasteiger partial charge in [-0.05, 0) is 56.9 Å². The van der Waals surface area contributed by atoms with Gasteiger partial charge in [0.15, 0.2) is 5.96 Å². The van der Waals surface area contributed by atoms with E-state index in [-0.39, 0.29) is 37.2 Å². The van der Waals surface area contributed by atoms with Crippen molar-refractivity contribution in [3.8, 4) is 0 Å². The molecule has 0 heterocycles. The summed E-state index contributed by atoms with van der Waals surface area (Å²) in [7, 11) is 0. The van der Waals surface area contributed by atoms with Gasteiger partial charge in [-0.2, -0.15) is 13.2 Å². The number of carboxylic acids is 1. The van der Waals surface area contributed by atoms with Gasteiger partial charge in [0.25, 0.3) is 0 Å². The molecule has 5 amide bonds. The number of primary amides is 1. The minimum Gasteiger partial charge on any atom is -0.475 e. The summed E-state index contributed by atoms with van der Waals surface area (Å²) in [5, 5.41) is 17.4. The summed E-state index contributed by atoms with van der Waals surface area (Å²) in [6.45, 7) is 7.61. The third kappa shape index (κ3) is 22.0. The van der Waals surface area contributed by atoms with Crippen molar-refractivity contribution in [2.45, 2.75) is 96.6 Å². The van der Waals surface area contributed by atoms with Crippen LogP contribution in [0.1, 0.15) is 66.2 Å². The molecular weight excluding hydrogens is 633 g/mol. The van der Waals surface area contributed by atoms with E-state index in [1.807, 2.05) is 13.8 Å². The Morgan fingerprint density at radius 1 is 0.809 bits per heavy atom. The number of nitrogens with two attached hydrogens (primary N) is 5. The number of carboxylic acid groups (broad SMARTS) is 1. The Morgan fingerprint density at radius 2 is 1.36 bits per heavy atom. The molecule has 0 saturated heterocycles. The molecule has 0 aromatic carbocycles. The van der Waals surface area contributed by atoms with Crippen molar-refractivity contribution in [2.24, 2.45) is 45.5 Å². The van der Waals surface area contributed by atoms with Gasteiger partial charge in [-0.15, -0.1) is 0 Å². The van der Waals surface area contributed by atoms with Crippen molar-refractivity contribution in [2.75, 3.05) is 19.6 Å². The lowest BCUT2D eigenvalue weighted by Gasteiger charge is -2.26. The fourth-order valence-electron chi connectivity index (χ4n) is 3.76. The summed E-state index contributed by atoms with van der Waals surface area (Å²) in [4.78, 5) is 75.4. The normalized spacial score (nSPS) is 13.6. The molecule has 20 heteroatoms. The number of amides is 5. The minimum absolute atomic E-state index is 0.0905. The van der Waals surface area contributed by atoms with Gasteiger partial charge in [0.1, 0.15) is 18.1 Å². The van der Waals surface area contributed by atoms with Gasteiger partial charge in [0.2, 0.25) is 29.5 Å². The molecule has 4 atom stereocenters. The number of aliphatic carboxylic acids is 1. The number of nitrogens with one attached hydrogen (secondary N) is 4. The predicted octanol–water partition coefficient (Wildman–Crippen LogP) is -2.11. The van der Waals surface area contributed by atoms with Crippen molar-refractivity contribution >= 4 is 41.5 Å². The van der Waals surface area contributed by atoms with E-state index >= 15 is 0 Å². The highest BCUT2D eigenvalue weighted by Crippen LogP contribution is 2.13. The first-order valence-corrected chi connectivity index (χ1v) is 14.9. The number of guanidine groups is 1. The van der Waals surface area contributed by atoms with Crippen LogP contribution < -0.4 is 49.9 Å². The smallest absolute Gasteiger partial charge is 0.475 e. The molecular formula is C27H51F3N10O7. The number of carbonyl (C=O) groups excluding carboxylic acids is 5. The summed E-state index contributed by atoms with van der Waals surface area (Å²) in [6, 6.07) is -3.65. The molecule has 0 aliphatic rings. The molecule has 0 saturated carbocycles. The van der Waals surface area contributed by atoms with Crippen LogP contribution in [0.3, 0.4) is 0 Å². The van der Waals surface area contributed by atoms with Crippen molar-refractivity contribution in [1.29, 1.82) is 0 Å². The van der Waals surface area contributed by atoms with Gasteiger partial charge in [0.05, 0.1) is 12.6 Å². The Morgan fingerprint density at radius 3 is 1.81 bits per heavy atom. The first-order chi connectivity index (χ1) is 21.6. The van der Waals surface area contributed by atoms with Crippen LogP contribution >= 0.6 is 0 Å². The van der Waals surface area contributed by atoms with Crippen LogP contribution in [0.5, 0.6) is 0 Å². The Bertz CT molecular complexity index is 1050. The number of halogens is 3. The van der Waals surface area contributed by atoms with E-state index in [0.29, 0.717) is 32.2 Å². The zero-order valence-electron chi connectivity index (χ0n) is 27.2. The number of aliphatic imine (C=N–C) groups is 1. The molecule has 0 radical (unpaired) electrons. The number of hydrogen-bond donors (Lipinski definition) is 10. The minimum atomic E-state index is -5.08. The second-order valence-corrected chi connectivity index (χ2v) is 11.3. The Hall–Kier alpha value is -4.20. The highest BCUT2D eigenvalue weighted by molar-refractivity contribution is 5.94. The summed E-state index contributed by atoms with van der Waals surface area (Å²) in [5.74, 6) is -5.93. The van der Waals surface area contributed by atoms with E-state index in [9.17, 15) is 37.1 Å². The van der Waals surface area contributed by atoms with E-state index in [0.717, 1.165) is 0 Å². The summed E-state index contributed by atoms with van der Waals surface area (Å²) >= 11 is 0. The average Bonchev–Trinajstić information content (AvgIpc) is 2.94. The maximum Gasteiger partial charge on any atom is 0.490 e. The topological polar surface area (TPSA) is 313 Å². The lowest BCUT2D eigenvalue weighted by Crippen LogP contribution is -2.58. The third-order valence-electron chi connectivity index (χ3n) is 6.18. The van der Waals surface area contributed by atoms with Crippen molar-refractivity contribution in [1.82, 2.24) is 21.3 Å². The van der Waals surface area contributed by atoms with Gasteiger partial charge in [-0.3, -0.25) is 29.0 Å². The molecule has 0 fully saturated rings. The molecule has 47 heavy (non-hydrogen) atoms. The van der Waals surface area contributed by atoms with E-state index in [4.69, 9.17) is 38.6 Å². The highest BCUT2D eigenvalue weighted by Gasteiger charge is 2.38. The molecule has 0 aromatic rings. The van der Waals surface area contributed by atoms with Crippen LogP contribution in [0, 0.1) is 11.8 Å². The van der Waals surface area contributed by atoms with E-state index in [1.165, 1.54) is 0 Å². The van der Waals surface area contributed by atoms with Crippen LogP contribution in [0.25, 0.3) is 0 Å². The first kappa shape index (κ1) is 44.9. The van der Waals surface area contributed by atoms with Gasteiger partial charge in [-0.25, -0.2) is 4.79 Å². The largest absolute Gasteiger partial charge is 0.490 e. The fourth-order valence-corrected chi connectivity index (χ4v) is 3.76. The second kappa shape index (κ2) is 23.2. The lowest BCUT2D eigenvalue weighted by molar-refractivity contribution is -0.192. The van der Waals surface area contributed by atoms with Gasteiger partial charge in [0, 0.05) is 6.54 Å². The molecule has 0 bridgehead atoms. The maximum atomic E-state index is 13.1. The number of unbranched alkanes of at least 4 members (excludes halogenated alkanes) is 1. The molecule has 0 aliphatic heterocycles. The Labute approximate surface area is 271 Å². The summed E-state index contributed by atoms with van der Waals surface area (Å²) in [5.41, 5.74) is 27.4. The summed E-state index contributed by atoms with van der Waals surface area (Å²) in [6.07, 6.45) is -2.61. The maximum absolute atomic E-state index is 13.1. The number of carbonyl (C=O) groups is 6.